The normalized spacial score (nSPS) is 18.1. The number of anilines is 1. The number of aryl methyl sites for hydroxylation is 1. The molecule has 0 aromatic carbocycles. The van der Waals surface area contributed by atoms with E-state index in [4.69, 9.17) is 20.6 Å². The first kappa shape index (κ1) is 19.5. The third-order valence-corrected chi connectivity index (χ3v) is 5.01. The first-order valence-corrected chi connectivity index (χ1v) is 9.91. The predicted molar refractivity (Wildman–Crippen MR) is 106 cm³/mol. The van der Waals surface area contributed by atoms with Crippen molar-refractivity contribution >= 4 is 17.6 Å². The number of aromatic nitrogens is 3. The molecule has 3 heterocycles. The Kier molecular flexibility index (Phi) is 5.31. The molecule has 0 aliphatic carbocycles. The van der Waals surface area contributed by atoms with Gasteiger partial charge in [0.25, 0.3) is 0 Å². The number of rotatable bonds is 3. The van der Waals surface area contributed by atoms with Crippen LogP contribution in [-0.4, -0.2) is 37.7 Å². The average Bonchev–Trinajstić information content (AvgIpc) is 3.04. The topological polar surface area (TPSA) is 85.8 Å². The lowest BCUT2D eigenvalue weighted by Gasteiger charge is -2.35. The molecule has 2 aromatic heterocycles. The number of nitrogens with two attached hydrogens (primary N) is 1. The summed E-state index contributed by atoms with van der Waals surface area (Å²) in [7, 11) is 0. The van der Waals surface area contributed by atoms with Crippen LogP contribution < -0.4 is 5.73 Å². The molecule has 7 heteroatoms. The van der Waals surface area contributed by atoms with Gasteiger partial charge in [0.1, 0.15) is 11.4 Å². The molecule has 1 aliphatic rings. The molecule has 1 atom stereocenters. The van der Waals surface area contributed by atoms with Crippen LogP contribution in [0, 0.1) is 0 Å². The molecule has 0 radical (unpaired) electrons. The number of hydrogen-bond donors (Lipinski definition) is 1. The van der Waals surface area contributed by atoms with E-state index in [0.717, 1.165) is 54.7 Å². The molecule has 0 spiro atoms. The Bertz CT molecular complexity index is 837. The number of ether oxygens (including phenoxy) is 1. The summed E-state index contributed by atoms with van der Waals surface area (Å²) in [6, 6.07) is 1.85. The minimum Gasteiger partial charge on any atom is -0.444 e. The van der Waals surface area contributed by atoms with E-state index in [0.29, 0.717) is 12.4 Å². The summed E-state index contributed by atoms with van der Waals surface area (Å²) in [4.78, 5) is 19.3. The van der Waals surface area contributed by atoms with E-state index in [1.54, 1.807) is 9.42 Å². The molecule has 27 heavy (non-hydrogen) atoms. The van der Waals surface area contributed by atoms with Crippen molar-refractivity contribution < 1.29 is 9.53 Å². The molecule has 1 fully saturated rings. The second kappa shape index (κ2) is 7.37. The van der Waals surface area contributed by atoms with Crippen LogP contribution in [0.3, 0.4) is 0 Å². The molecule has 2 N–H and O–H groups in total. The zero-order valence-electron chi connectivity index (χ0n) is 17.1. The summed E-state index contributed by atoms with van der Waals surface area (Å²) in [6.45, 7) is 10.5. The van der Waals surface area contributed by atoms with Crippen LogP contribution in [0.5, 0.6) is 0 Å². The Morgan fingerprint density at radius 2 is 2.04 bits per heavy atom. The minimum absolute atomic E-state index is 0.107. The van der Waals surface area contributed by atoms with Gasteiger partial charge in [-0.3, -0.25) is 4.90 Å². The highest BCUT2D eigenvalue weighted by molar-refractivity contribution is 5.69. The summed E-state index contributed by atoms with van der Waals surface area (Å²) in [5, 5.41) is 4.73. The fourth-order valence-electron chi connectivity index (χ4n) is 3.75. The molecule has 0 saturated carbocycles. The highest BCUT2D eigenvalue weighted by Crippen LogP contribution is 2.32. The van der Waals surface area contributed by atoms with E-state index < -0.39 is 5.60 Å². The SMILES string of the molecule is CCc1nc2cc(C3CCCCN3C(=O)OC(C)(C)C)nn2c(N)c1CC. The maximum atomic E-state index is 12.7. The molecular formula is C20H31N5O2. The fraction of sp³-hybridized carbons (Fsp3) is 0.650. The fourth-order valence-corrected chi connectivity index (χ4v) is 3.75. The number of carbonyl (C=O) groups is 1. The van der Waals surface area contributed by atoms with Crippen LogP contribution in [0.15, 0.2) is 6.07 Å². The van der Waals surface area contributed by atoms with Crippen molar-refractivity contribution in [3.63, 3.8) is 0 Å². The summed E-state index contributed by atoms with van der Waals surface area (Å²) in [6.07, 6.45) is 4.27. The van der Waals surface area contributed by atoms with Gasteiger partial charge in [0, 0.05) is 23.9 Å². The molecule has 1 amide bonds. The maximum absolute atomic E-state index is 12.7. The number of fused-ring (bicyclic) bond motifs is 1. The minimum atomic E-state index is -0.518. The molecule has 0 bridgehead atoms. The third-order valence-electron chi connectivity index (χ3n) is 5.01. The zero-order valence-corrected chi connectivity index (χ0v) is 17.1. The van der Waals surface area contributed by atoms with Gasteiger partial charge in [0.2, 0.25) is 0 Å². The van der Waals surface area contributed by atoms with Gasteiger partial charge in [-0.2, -0.15) is 9.61 Å². The van der Waals surface area contributed by atoms with Crippen LogP contribution in [0.25, 0.3) is 5.65 Å². The van der Waals surface area contributed by atoms with Gasteiger partial charge in [0.05, 0.1) is 11.7 Å². The smallest absolute Gasteiger partial charge is 0.410 e. The number of carbonyl (C=O) groups excluding carboxylic acids is 1. The molecular weight excluding hydrogens is 342 g/mol. The van der Waals surface area contributed by atoms with Crippen molar-refractivity contribution in [3.8, 4) is 0 Å². The molecule has 2 aromatic rings. The summed E-state index contributed by atoms with van der Waals surface area (Å²) in [5.74, 6) is 0.644. The summed E-state index contributed by atoms with van der Waals surface area (Å²) >= 11 is 0. The summed E-state index contributed by atoms with van der Waals surface area (Å²) in [5.41, 5.74) is 9.50. The van der Waals surface area contributed by atoms with Gasteiger partial charge in [-0.15, -0.1) is 0 Å². The van der Waals surface area contributed by atoms with E-state index in [1.165, 1.54) is 0 Å². The lowest BCUT2D eigenvalue weighted by atomic mass is 10.00. The van der Waals surface area contributed by atoms with E-state index >= 15 is 0 Å². The van der Waals surface area contributed by atoms with Crippen molar-refractivity contribution in [2.45, 2.75) is 78.4 Å². The molecule has 3 rings (SSSR count). The Morgan fingerprint density at radius 3 is 2.67 bits per heavy atom. The number of nitrogen functional groups attached to an aromatic ring is 1. The first-order valence-electron chi connectivity index (χ1n) is 9.91. The van der Waals surface area contributed by atoms with E-state index in [1.807, 2.05) is 26.8 Å². The van der Waals surface area contributed by atoms with Gasteiger partial charge >= 0.3 is 6.09 Å². The van der Waals surface area contributed by atoms with Crippen LogP contribution in [0.4, 0.5) is 10.6 Å². The number of likely N-dealkylation sites (tertiary alicyclic amines) is 1. The zero-order chi connectivity index (χ0) is 19.8. The van der Waals surface area contributed by atoms with Crippen LogP contribution in [-0.2, 0) is 17.6 Å². The van der Waals surface area contributed by atoms with Crippen LogP contribution in [0.2, 0.25) is 0 Å². The van der Waals surface area contributed by atoms with Gasteiger partial charge in [-0.1, -0.05) is 13.8 Å². The van der Waals surface area contributed by atoms with Crippen molar-refractivity contribution in [1.82, 2.24) is 19.5 Å². The van der Waals surface area contributed by atoms with Gasteiger partial charge < -0.3 is 10.5 Å². The second-order valence-corrected chi connectivity index (χ2v) is 8.15. The number of piperidine rings is 1. The van der Waals surface area contributed by atoms with Crippen molar-refractivity contribution in [1.29, 1.82) is 0 Å². The van der Waals surface area contributed by atoms with E-state index in [2.05, 4.69) is 13.8 Å². The largest absolute Gasteiger partial charge is 0.444 e. The number of hydrogen-bond acceptors (Lipinski definition) is 5. The van der Waals surface area contributed by atoms with Gasteiger partial charge in [-0.25, -0.2) is 9.78 Å². The van der Waals surface area contributed by atoms with Crippen molar-refractivity contribution in [3.05, 3.63) is 23.0 Å². The molecule has 7 nitrogen and oxygen atoms in total. The van der Waals surface area contributed by atoms with Gasteiger partial charge in [0.15, 0.2) is 5.65 Å². The lowest BCUT2D eigenvalue weighted by Crippen LogP contribution is -2.42. The first-order chi connectivity index (χ1) is 12.7. The standard InChI is InChI=1S/C20H31N5O2/c1-6-13-14(7-2)22-17-12-15(23-25(17)18(13)21)16-10-8-9-11-24(16)19(26)27-20(3,4)5/h12,16H,6-11,21H2,1-5H3. The Balaban J connectivity index is 1.99. The second-order valence-electron chi connectivity index (χ2n) is 8.15. The Labute approximate surface area is 160 Å². The number of nitrogens with zero attached hydrogens (tertiary/aromatic N) is 4. The van der Waals surface area contributed by atoms with Crippen molar-refractivity contribution in [2.75, 3.05) is 12.3 Å². The molecule has 1 unspecified atom stereocenters. The Hall–Kier alpha value is -2.31. The molecule has 148 valence electrons. The monoisotopic (exact) mass is 373 g/mol. The highest BCUT2D eigenvalue weighted by Gasteiger charge is 2.33. The van der Waals surface area contributed by atoms with E-state index in [-0.39, 0.29) is 12.1 Å². The number of amides is 1. The summed E-state index contributed by atoms with van der Waals surface area (Å²) < 4.78 is 7.33. The van der Waals surface area contributed by atoms with Crippen molar-refractivity contribution in [2.24, 2.45) is 0 Å². The molecule has 1 saturated heterocycles. The predicted octanol–water partition coefficient (Wildman–Crippen LogP) is 3.90. The molecule has 1 aliphatic heterocycles. The lowest BCUT2D eigenvalue weighted by molar-refractivity contribution is 0.00898. The average molecular weight is 374 g/mol. The highest BCUT2D eigenvalue weighted by atomic mass is 16.6. The van der Waals surface area contributed by atoms with E-state index in [9.17, 15) is 4.79 Å². The van der Waals surface area contributed by atoms with Crippen LogP contribution in [0.1, 0.15) is 76.9 Å². The van der Waals surface area contributed by atoms with Gasteiger partial charge in [-0.05, 0) is 52.9 Å². The quantitative estimate of drug-likeness (QED) is 0.882. The third kappa shape index (κ3) is 3.87. The Morgan fingerprint density at radius 1 is 1.30 bits per heavy atom. The maximum Gasteiger partial charge on any atom is 0.410 e. The van der Waals surface area contributed by atoms with Crippen LogP contribution >= 0.6 is 0 Å².